The Bertz CT molecular complexity index is 697. The van der Waals surface area contributed by atoms with Crippen LogP contribution in [0.25, 0.3) is 0 Å². The number of aliphatic hydroxyl groups is 2. The molecule has 6 nitrogen and oxygen atoms in total. The topological polar surface area (TPSA) is 107 Å². The predicted molar refractivity (Wildman–Crippen MR) is 86.4 cm³/mol. The van der Waals surface area contributed by atoms with E-state index in [9.17, 15) is 25.2 Å². The van der Waals surface area contributed by atoms with E-state index in [2.05, 4.69) is 0 Å². The van der Waals surface area contributed by atoms with E-state index in [1.54, 1.807) is 6.92 Å². The van der Waals surface area contributed by atoms with Gasteiger partial charge in [0, 0.05) is 12.0 Å². The van der Waals surface area contributed by atoms with Crippen molar-refractivity contribution in [3.05, 3.63) is 17.2 Å². The first-order valence-corrected chi connectivity index (χ1v) is 8.36. The first kappa shape index (κ1) is 17.0. The average Bonchev–Trinajstić information content (AvgIpc) is 2.87. The highest BCUT2D eigenvalue weighted by Gasteiger charge is 2.68. The number of carbonyl (C=O) groups excluding carboxylic acids is 1. The van der Waals surface area contributed by atoms with Crippen LogP contribution in [-0.2, 0) is 10.2 Å². The van der Waals surface area contributed by atoms with Crippen LogP contribution in [0, 0.1) is 6.92 Å². The Morgan fingerprint density at radius 2 is 2.08 bits per heavy atom. The molecule has 1 heterocycles. The third-order valence-corrected chi connectivity index (χ3v) is 5.71. The second kappa shape index (κ2) is 5.36. The highest BCUT2D eigenvalue weighted by Crippen LogP contribution is 2.61. The van der Waals surface area contributed by atoms with Crippen LogP contribution < -0.4 is 4.74 Å². The molecule has 1 saturated carbocycles. The molecule has 0 amide bonds. The summed E-state index contributed by atoms with van der Waals surface area (Å²) in [7, 11) is 0. The van der Waals surface area contributed by atoms with Gasteiger partial charge in [-0.15, -0.1) is 0 Å². The van der Waals surface area contributed by atoms with E-state index in [1.807, 2.05) is 6.92 Å². The molecule has 24 heavy (non-hydrogen) atoms. The van der Waals surface area contributed by atoms with Crippen LogP contribution in [0.1, 0.15) is 50.7 Å². The Morgan fingerprint density at radius 3 is 2.67 bits per heavy atom. The molecule has 1 fully saturated rings. The number of Topliss-reactive ketones (excluding diaryl/α,β-unsaturated/α-hetero) is 1. The fourth-order valence-electron chi connectivity index (χ4n) is 4.68. The van der Waals surface area contributed by atoms with Crippen molar-refractivity contribution in [3.63, 3.8) is 0 Å². The van der Waals surface area contributed by atoms with E-state index in [4.69, 9.17) is 4.74 Å². The van der Waals surface area contributed by atoms with Crippen molar-refractivity contribution in [2.45, 2.75) is 69.7 Å². The van der Waals surface area contributed by atoms with E-state index >= 15 is 0 Å². The number of aliphatic hydroxyl groups excluding tert-OH is 1. The summed E-state index contributed by atoms with van der Waals surface area (Å²) in [6, 6.07) is 1.40. The maximum Gasteiger partial charge on any atom is 0.200 e. The summed E-state index contributed by atoms with van der Waals surface area (Å²) >= 11 is 0. The molecule has 1 aliphatic heterocycles. The number of fused-ring (bicyclic) bond motifs is 3. The van der Waals surface area contributed by atoms with Crippen molar-refractivity contribution >= 4 is 5.78 Å². The minimum Gasteiger partial charge on any atom is -0.504 e. The van der Waals surface area contributed by atoms with Crippen LogP contribution in [0.4, 0.5) is 0 Å². The van der Waals surface area contributed by atoms with Gasteiger partial charge in [-0.25, -0.2) is 0 Å². The number of aromatic hydroxyl groups is 2. The van der Waals surface area contributed by atoms with Gasteiger partial charge in [-0.2, -0.15) is 0 Å². The first-order valence-electron chi connectivity index (χ1n) is 8.36. The number of ketones is 1. The summed E-state index contributed by atoms with van der Waals surface area (Å²) in [6.45, 7) is 5.18. The Labute approximate surface area is 140 Å². The van der Waals surface area contributed by atoms with Gasteiger partial charge in [-0.3, -0.25) is 4.79 Å². The molecule has 1 aliphatic carbocycles. The highest BCUT2D eigenvalue weighted by molar-refractivity contribution is 5.89. The number of hydrogen-bond acceptors (Lipinski definition) is 6. The van der Waals surface area contributed by atoms with Gasteiger partial charge in [-0.05, 0) is 38.3 Å². The Morgan fingerprint density at radius 1 is 1.42 bits per heavy atom. The summed E-state index contributed by atoms with van der Waals surface area (Å²) in [5.74, 6) is -0.880. The number of aryl methyl sites for hydroxylation is 1. The second-order valence-corrected chi connectivity index (χ2v) is 7.05. The lowest BCUT2D eigenvalue weighted by Crippen LogP contribution is -2.67. The average molecular weight is 336 g/mol. The van der Waals surface area contributed by atoms with Crippen molar-refractivity contribution in [1.29, 1.82) is 0 Å². The number of ether oxygens (including phenoxy) is 1. The van der Waals surface area contributed by atoms with E-state index in [0.29, 0.717) is 24.0 Å². The van der Waals surface area contributed by atoms with E-state index in [0.717, 1.165) is 0 Å². The fraction of sp³-hybridized carbons (Fsp3) is 0.611. The van der Waals surface area contributed by atoms with Crippen LogP contribution in [0.3, 0.4) is 0 Å². The van der Waals surface area contributed by atoms with Crippen molar-refractivity contribution in [2.24, 2.45) is 0 Å². The maximum atomic E-state index is 12.6. The molecular weight excluding hydrogens is 312 g/mol. The Kier molecular flexibility index (Phi) is 3.81. The molecule has 3 rings (SSSR count). The molecule has 1 aromatic carbocycles. The third kappa shape index (κ3) is 1.87. The molecular formula is C18H24O6. The minimum atomic E-state index is -1.55. The summed E-state index contributed by atoms with van der Waals surface area (Å²) in [5.41, 5.74) is -1.57. The van der Waals surface area contributed by atoms with Crippen molar-refractivity contribution in [1.82, 2.24) is 0 Å². The van der Waals surface area contributed by atoms with Gasteiger partial charge >= 0.3 is 0 Å². The van der Waals surface area contributed by atoms with E-state index < -0.39 is 29.0 Å². The van der Waals surface area contributed by atoms with Crippen LogP contribution >= 0.6 is 0 Å². The van der Waals surface area contributed by atoms with Gasteiger partial charge in [-0.1, -0.05) is 13.3 Å². The molecule has 2 aliphatic rings. The zero-order valence-electron chi connectivity index (χ0n) is 14.2. The van der Waals surface area contributed by atoms with Gasteiger partial charge in [0.05, 0.1) is 11.5 Å². The molecule has 0 unspecified atom stereocenters. The normalized spacial score (nSPS) is 32.9. The zero-order chi connectivity index (χ0) is 17.9. The summed E-state index contributed by atoms with van der Waals surface area (Å²) in [4.78, 5) is 12.6. The van der Waals surface area contributed by atoms with Crippen molar-refractivity contribution in [3.8, 4) is 17.2 Å². The number of phenols is 2. The Hall–Kier alpha value is -1.79. The van der Waals surface area contributed by atoms with Gasteiger partial charge in [0.1, 0.15) is 5.60 Å². The smallest absolute Gasteiger partial charge is 0.200 e. The first-order chi connectivity index (χ1) is 11.2. The van der Waals surface area contributed by atoms with Crippen molar-refractivity contribution in [2.75, 3.05) is 0 Å². The minimum absolute atomic E-state index is 0.0419. The third-order valence-electron chi connectivity index (χ3n) is 5.71. The number of carbonyl (C=O) groups is 1. The lowest BCUT2D eigenvalue weighted by Gasteiger charge is -2.52. The standard InChI is InChI=1S/C18H24O6/c1-4-6-17-13-9(2)8-12(21)14(22)15(13)24-16(17)11(20)5-7-18(17,23)10(3)19/h8,10,16,19,21-23H,4-7H2,1-3H3/t10-,16-,17-,18+/m0/s1. The molecule has 1 aromatic rings. The van der Waals surface area contributed by atoms with Crippen LogP contribution in [0.2, 0.25) is 0 Å². The van der Waals surface area contributed by atoms with Gasteiger partial charge in [0.25, 0.3) is 0 Å². The number of benzene rings is 1. The van der Waals surface area contributed by atoms with E-state index in [1.165, 1.54) is 13.0 Å². The SMILES string of the molecule is CCC[C@]12c3c(C)cc(O)c(O)c3O[C@H]1C(=O)CC[C@@]2(O)[C@H](C)O. The number of hydrogen-bond donors (Lipinski definition) is 4. The maximum absolute atomic E-state index is 12.6. The van der Waals surface area contributed by atoms with Gasteiger partial charge in [0.2, 0.25) is 5.75 Å². The summed E-state index contributed by atoms with van der Waals surface area (Å²) in [6.07, 6.45) is -0.760. The van der Waals surface area contributed by atoms with E-state index in [-0.39, 0.29) is 30.1 Å². The van der Waals surface area contributed by atoms with Gasteiger partial charge in [0.15, 0.2) is 23.4 Å². The lowest BCUT2D eigenvalue weighted by atomic mass is 9.54. The molecule has 4 atom stereocenters. The molecule has 4 N–H and O–H groups in total. The molecule has 0 bridgehead atoms. The molecule has 132 valence electrons. The van der Waals surface area contributed by atoms with Crippen LogP contribution in [0.15, 0.2) is 6.07 Å². The summed E-state index contributed by atoms with van der Waals surface area (Å²) < 4.78 is 5.79. The predicted octanol–water partition coefficient (Wildman–Crippen LogP) is 1.68. The highest BCUT2D eigenvalue weighted by atomic mass is 16.5. The largest absolute Gasteiger partial charge is 0.504 e. The number of rotatable bonds is 3. The zero-order valence-corrected chi connectivity index (χ0v) is 14.2. The molecule has 6 heteroatoms. The van der Waals surface area contributed by atoms with Crippen LogP contribution in [0.5, 0.6) is 17.2 Å². The lowest BCUT2D eigenvalue weighted by molar-refractivity contribution is -0.175. The molecule has 0 radical (unpaired) electrons. The second-order valence-electron chi connectivity index (χ2n) is 7.05. The van der Waals surface area contributed by atoms with Crippen molar-refractivity contribution < 1.29 is 30.0 Å². The van der Waals surface area contributed by atoms with Crippen LogP contribution in [-0.4, -0.2) is 44.0 Å². The van der Waals surface area contributed by atoms with Gasteiger partial charge < -0.3 is 25.2 Å². The molecule has 0 aromatic heterocycles. The number of phenolic OH excluding ortho intramolecular Hbond substituents is 2. The molecule has 0 saturated heterocycles. The Balaban J connectivity index is 2.37. The summed E-state index contributed by atoms with van der Waals surface area (Å²) in [5, 5.41) is 41.9. The quantitative estimate of drug-likeness (QED) is 0.626. The molecule has 0 spiro atoms. The monoisotopic (exact) mass is 336 g/mol. The fourth-order valence-corrected chi connectivity index (χ4v) is 4.68.